The van der Waals surface area contributed by atoms with Crippen LogP contribution in [0, 0.1) is 0 Å². The highest BCUT2D eigenvalue weighted by Crippen LogP contribution is 2.31. The molecule has 2 atom stereocenters. The first-order valence-electron chi connectivity index (χ1n) is 6.43. The second-order valence-corrected chi connectivity index (χ2v) is 4.70. The molecule has 0 aliphatic carbocycles. The highest BCUT2D eigenvalue weighted by Gasteiger charge is 2.27. The number of nitrogens with zero attached hydrogens (tertiary/aromatic N) is 1. The van der Waals surface area contributed by atoms with Gasteiger partial charge >= 0.3 is 5.97 Å². The van der Waals surface area contributed by atoms with Crippen LogP contribution in [0.25, 0.3) is 0 Å². The number of rotatable bonds is 5. The molecule has 2 rings (SSSR count). The predicted octanol–water partition coefficient (Wildman–Crippen LogP) is 1.62. The Morgan fingerprint density at radius 3 is 2.79 bits per heavy atom. The molecule has 0 saturated heterocycles. The summed E-state index contributed by atoms with van der Waals surface area (Å²) in [5.74, 6) is 0.657. The molecule has 0 saturated carbocycles. The number of carboxylic acid groups (broad SMARTS) is 1. The predicted molar refractivity (Wildman–Crippen MR) is 70.7 cm³/mol. The standard InChI is InChI=1S/C14H19NO4/c1-3-11(14(16)17)15(2)8-10-9-18-12-6-4-5-7-13(12)19-10/h4-7,10-11H,3,8-9H2,1-2H3,(H,16,17). The summed E-state index contributed by atoms with van der Waals surface area (Å²) >= 11 is 0. The monoisotopic (exact) mass is 265 g/mol. The van der Waals surface area contributed by atoms with Crippen molar-refractivity contribution in [3.05, 3.63) is 24.3 Å². The molecule has 1 aromatic carbocycles. The van der Waals surface area contributed by atoms with Gasteiger partial charge in [0.15, 0.2) is 11.5 Å². The topological polar surface area (TPSA) is 59.0 Å². The van der Waals surface area contributed by atoms with Gasteiger partial charge in [0.2, 0.25) is 0 Å². The first-order chi connectivity index (χ1) is 9.11. The van der Waals surface area contributed by atoms with E-state index in [4.69, 9.17) is 14.6 Å². The molecule has 5 nitrogen and oxygen atoms in total. The molecular formula is C14H19NO4. The van der Waals surface area contributed by atoms with Crippen LogP contribution in [0.2, 0.25) is 0 Å². The minimum Gasteiger partial charge on any atom is -0.486 e. The number of ether oxygens (including phenoxy) is 2. The lowest BCUT2D eigenvalue weighted by molar-refractivity contribution is -0.143. The highest BCUT2D eigenvalue weighted by molar-refractivity contribution is 5.73. The summed E-state index contributed by atoms with van der Waals surface area (Å²) in [7, 11) is 1.80. The summed E-state index contributed by atoms with van der Waals surface area (Å²) in [6.07, 6.45) is 0.420. The lowest BCUT2D eigenvalue weighted by atomic mass is 10.2. The molecule has 0 spiro atoms. The van der Waals surface area contributed by atoms with Crippen molar-refractivity contribution in [2.24, 2.45) is 0 Å². The van der Waals surface area contributed by atoms with Crippen LogP contribution >= 0.6 is 0 Å². The second-order valence-electron chi connectivity index (χ2n) is 4.70. The van der Waals surface area contributed by atoms with Crippen LogP contribution < -0.4 is 9.47 Å². The van der Waals surface area contributed by atoms with E-state index in [1.165, 1.54) is 0 Å². The molecule has 104 valence electrons. The Kier molecular flexibility index (Phi) is 4.27. The zero-order valence-corrected chi connectivity index (χ0v) is 11.2. The fourth-order valence-electron chi connectivity index (χ4n) is 2.28. The van der Waals surface area contributed by atoms with Gasteiger partial charge in [-0.05, 0) is 25.6 Å². The van der Waals surface area contributed by atoms with Crippen molar-refractivity contribution in [3.63, 3.8) is 0 Å². The van der Waals surface area contributed by atoms with Gasteiger partial charge in [-0.3, -0.25) is 9.69 Å². The Hall–Kier alpha value is -1.75. The van der Waals surface area contributed by atoms with Gasteiger partial charge in [0.05, 0.1) is 0 Å². The average molecular weight is 265 g/mol. The fraction of sp³-hybridized carbons (Fsp3) is 0.500. The van der Waals surface area contributed by atoms with E-state index in [0.717, 1.165) is 11.5 Å². The molecule has 2 unspecified atom stereocenters. The van der Waals surface area contributed by atoms with Crippen molar-refractivity contribution in [2.45, 2.75) is 25.5 Å². The minimum atomic E-state index is -0.804. The van der Waals surface area contributed by atoms with E-state index < -0.39 is 12.0 Å². The third-order valence-electron chi connectivity index (χ3n) is 3.26. The Balaban J connectivity index is 1.96. The third-order valence-corrected chi connectivity index (χ3v) is 3.26. The molecule has 1 aliphatic rings. The number of aliphatic carboxylic acids is 1. The molecule has 0 aromatic heterocycles. The van der Waals surface area contributed by atoms with E-state index in [9.17, 15) is 4.79 Å². The largest absolute Gasteiger partial charge is 0.486 e. The van der Waals surface area contributed by atoms with E-state index in [1.54, 1.807) is 11.9 Å². The Morgan fingerprint density at radius 1 is 1.47 bits per heavy atom. The van der Waals surface area contributed by atoms with E-state index in [0.29, 0.717) is 19.6 Å². The number of carboxylic acids is 1. The first kappa shape index (κ1) is 13.7. The molecule has 0 amide bonds. The SMILES string of the molecule is CCC(C(=O)O)N(C)CC1COc2ccccc2O1. The van der Waals surface area contributed by atoms with E-state index in [2.05, 4.69) is 0 Å². The van der Waals surface area contributed by atoms with Crippen LogP contribution in [0.1, 0.15) is 13.3 Å². The van der Waals surface area contributed by atoms with Crippen LogP contribution in [0.3, 0.4) is 0 Å². The molecule has 0 fully saturated rings. The van der Waals surface area contributed by atoms with Gasteiger partial charge < -0.3 is 14.6 Å². The van der Waals surface area contributed by atoms with Gasteiger partial charge in [0.25, 0.3) is 0 Å². The fourth-order valence-corrected chi connectivity index (χ4v) is 2.28. The number of hydrogen-bond acceptors (Lipinski definition) is 4. The van der Waals surface area contributed by atoms with Crippen LogP contribution in [-0.2, 0) is 4.79 Å². The van der Waals surface area contributed by atoms with Gasteiger partial charge in [0, 0.05) is 6.54 Å². The summed E-state index contributed by atoms with van der Waals surface area (Å²) in [5, 5.41) is 9.12. The molecule has 5 heteroatoms. The summed E-state index contributed by atoms with van der Waals surface area (Å²) < 4.78 is 11.4. The maximum atomic E-state index is 11.1. The zero-order chi connectivity index (χ0) is 13.8. The summed E-state index contributed by atoms with van der Waals surface area (Å²) in [6, 6.07) is 7.02. The van der Waals surface area contributed by atoms with Crippen molar-refractivity contribution in [2.75, 3.05) is 20.2 Å². The number of fused-ring (bicyclic) bond motifs is 1. The molecule has 1 N–H and O–H groups in total. The normalized spacial score (nSPS) is 19.2. The number of likely N-dealkylation sites (N-methyl/N-ethyl adjacent to an activating group) is 1. The van der Waals surface area contributed by atoms with E-state index >= 15 is 0 Å². The Labute approximate surface area is 112 Å². The quantitative estimate of drug-likeness (QED) is 0.876. The van der Waals surface area contributed by atoms with Crippen molar-refractivity contribution in [1.29, 1.82) is 0 Å². The Morgan fingerprint density at radius 2 is 2.16 bits per heavy atom. The Bertz CT molecular complexity index is 449. The van der Waals surface area contributed by atoms with E-state index in [1.807, 2.05) is 31.2 Å². The molecule has 1 heterocycles. The number of para-hydroxylation sites is 2. The molecule has 1 aromatic rings. The number of carbonyl (C=O) groups is 1. The van der Waals surface area contributed by atoms with Crippen LogP contribution in [-0.4, -0.2) is 48.3 Å². The van der Waals surface area contributed by atoms with E-state index in [-0.39, 0.29) is 6.10 Å². The maximum Gasteiger partial charge on any atom is 0.320 e. The third kappa shape index (κ3) is 3.17. The van der Waals surface area contributed by atoms with Gasteiger partial charge in [-0.15, -0.1) is 0 Å². The second kappa shape index (κ2) is 5.93. The maximum absolute atomic E-state index is 11.1. The molecular weight excluding hydrogens is 246 g/mol. The lowest BCUT2D eigenvalue weighted by Crippen LogP contribution is -2.46. The summed E-state index contributed by atoms with van der Waals surface area (Å²) in [6.45, 7) is 2.83. The van der Waals surface area contributed by atoms with Crippen molar-refractivity contribution >= 4 is 5.97 Å². The van der Waals surface area contributed by atoms with Crippen molar-refractivity contribution in [3.8, 4) is 11.5 Å². The van der Waals surface area contributed by atoms with Crippen LogP contribution in [0.5, 0.6) is 11.5 Å². The molecule has 0 bridgehead atoms. The molecule has 0 radical (unpaired) electrons. The molecule has 19 heavy (non-hydrogen) atoms. The summed E-state index contributed by atoms with van der Waals surface area (Å²) in [5.41, 5.74) is 0. The van der Waals surface area contributed by atoms with Crippen molar-refractivity contribution < 1.29 is 19.4 Å². The van der Waals surface area contributed by atoms with Gasteiger partial charge in [-0.1, -0.05) is 19.1 Å². The average Bonchev–Trinajstić information content (AvgIpc) is 2.39. The van der Waals surface area contributed by atoms with Gasteiger partial charge in [-0.2, -0.15) is 0 Å². The number of benzene rings is 1. The minimum absolute atomic E-state index is 0.145. The number of hydrogen-bond donors (Lipinski definition) is 1. The smallest absolute Gasteiger partial charge is 0.320 e. The lowest BCUT2D eigenvalue weighted by Gasteiger charge is -2.31. The molecule has 1 aliphatic heterocycles. The zero-order valence-electron chi connectivity index (χ0n) is 11.2. The first-order valence-corrected chi connectivity index (χ1v) is 6.43. The van der Waals surface area contributed by atoms with Crippen LogP contribution in [0.4, 0.5) is 0 Å². The summed E-state index contributed by atoms with van der Waals surface area (Å²) in [4.78, 5) is 12.9. The van der Waals surface area contributed by atoms with Gasteiger partial charge in [0.1, 0.15) is 18.8 Å². The van der Waals surface area contributed by atoms with Crippen molar-refractivity contribution in [1.82, 2.24) is 4.90 Å². The highest BCUT2D eigenvalue weighted by atomic mass is 16.6. The van der Waals surface area contributed by atoms with Crippen LogP contribution in [0.15, 0.2) is 24.3 Å². The van der Waals surface area contributed by atoms with Gasteiger partial charge in [-0.25, -0.2) is 0 Å².